The summed E-state index contributed by atoms with van der Waals surface area (Å²) in [5.41, 5.74) is 4.45. The third-order valence-corrected chi connectivity index (χ3v) is 7.94. The van der Waals surface area contributed by atoms with Crippen molar-refractivity contribution in [1.29, 1.82) is 0 Å². The number of fused-ring (bicyclic) bond motifs is 1. The molecule has 1 aliphatic carbocycles. The van der Waals surface area contributed by atoms with Gasteiger partial charge in [-0.05, 0) is 31.4 Å². The molecular formula is C26H32AlFN7O+. The number of nitrogens with zero attached hydrogens (tertiary/aromatic N) is 5. The zero-order valence-corrected chi connectivity index (χ0v) is 22.2. The molecule has 2 atom stereocenters. The van der Waals surface area contributed by atoms with Gasteiger partial charge in [-0.2, -0.15) is 0 Å². The molecule has 0 radical (unpaired) electrons. The van der Waals surface area contributed by atoms with E-state index in [9.17, 15) is 9.18 Å². The Morgan fingerprint density at radius 2 is 2.11 bits per heavy atom. The molecule has 0 saturated carbocycles. The SMILES string of the molecule is [CH3][Al+][NH]c1cc(C(=O)N2CC[C@@H](N3Cc4cnc(NC5=CC(F)=C(C)CC5)nc4C3)C[C@H]2C)ccn1. The van der Waals surface area contributed by atoms with Gasteiger partial charge in [0.2, 0.25) is 5.95 Å². The Labute approximate surface area is 218 Å². The third-order valence-electron chi connectivity index (χ3n) is 7.36. The van der Waals surface area contributed by atoms with E-state index in [1.165, 1.54) is 0 Å². The van der Waals surface area contributed by atoms with Crippen molar-refractivity contribution in [2.24, 2.45) is 0 Å². The summed E-state index contributed by atoms with van der Waals surface area (Å²) in [6, 6.07) is 4.19. The van der Waals surface area contributed by atoms with E-state index in [1.54, 1.807) is 18.3 Å². The Balaban J connectivity index is 1.20. The molecule has 1 amide bonds. The fraction of sp³-hybridized carbons (Fsp3) is 0.462. The van der Waals surface area contributed by atoms with Crippen LogP contribution < -0.4 is 9.62 Å². The number of pyridine rings is 1. The summed E-state index contributed by atoms with van der Waals surface area (Å²) >= 11 is 0.0739. The molecular weight excluding hydrogens is 472 g/mol. The topological polar surface area (TPSA) is 86.3 Å². The number of amides is 1. The molecule has 2 aromatic rings. The molecule has 4 heterocycles. The van der Waals surface area contributed by atoms with Crippen molar-refractivity contribution in [1.82, 2.24) is 24.8 Å². The van der Waals surface area contributed by atoms with Crippen molar-refractivity contribution < 1.29 is 9.18 Å². The van der Waals surface area contributed by atoms with Crippen molar-refractivity contribution in [3.05, 3.63) is 64.5 Å². The van der Waals surface area contributed by atoms with E-state index in [2.05, 4.69) is 37.2 Å². The second kappa shape index (κ2) is 10.7. The number of anilines is 2. The molecule has 186 valence electrons. The molecule has 2 aromatic heterocycles. The molecule has 2 aliphatic heterocycles. The molecule has 0 unspecified atom stereocenters. The first kappa shape index (κ1) is 24.9. The zero-order chi connectivity index (χ0) is 25.2. The van der Waals surface area contributed by atoms with Gasteiger partial charge in [0.05, 0.1) is 0 Å². The molecule has 3 aliphatic rings. The monoisotopic (exact) mass is 504 g/mol. The summed E-state index contributed by atoms with van der Waals surface area (Å²) in [7, 11) is 0. The number of nitrogens with one attached hydrogen (secondary N) is 2. The van der Waals surface area contributed by atoms with Crippen LogP contribution in [0.5, 0.6) is 0 Å². The van der Waals surface area contributed by atoms with Crippen LogP contribution in [0.4, 0.5) is 16.2 Å². The van der Waals surface area contributed by atoms with Crippen LogP contribution >= 0.6 is 0 Å². The fourth-order valence-corrected chi connectivity index (χ4v) is 5.72. The number of carbonyl (C=O) groups excluding carboxylic acids is 1. The normalized spacial score (nSPS) is 22.1. The molecule has 5 rings (SSSR count). The fourth-order valence-electron chi connectivity index (χ4n) is 5.27. The number of piperidine rings is 1. The molecule has 10 heteroatoms. The van der Waals surface area contributed by atoms with Gasteiger partial charge in [0.25, 0.3) is 0 Å². The first-order valence-electron chi connectivity index (χ1n) is 12.6. The summed E-state index contributed by atoms with van der Waals surface area (Å²) < 4.78 is 17.2. The summed E-state index contributed by atoms with van der Waals surface area (Å²) in [4.78, 5) is 31.2. The van der Waals surface area contributed by atoms with Crippen LogP contribution in [0.1, 0.15) is 61.1 Å². The van der Waals surface area contributed by atoms with Crippen molar-refractivity contribution in [2.45, 2.75) is 70.5 Å². The summed E-state index contributed by atoms with van der Waals surface area (Å²) in [5, 5.41) is 3.20. The van der Waals surface area contributed by atoms with E-state index >= 15 is 0 Å². The number of rotatable bonds is 6. The van der Waals surface area contributed by atoms with Gasteiger partial charge in [-0.15, -0.1) is 0 Å². The van der Waals surface area contributed by atoms with Crippen LogP contribution in [0.25, 0.3) is 0 Å². The maximum absolute atomic E-state index is 13.9. The first-order valence-corrected chi connectivity index (χ1v) is 14.4. The standard InChI is InChI=1S/C25H29FN7O.CH3.Al/c1-15-3-4-19(11-21(15)26)30-25-29-12-18-13-32(14-22(18)31-25)20-6-8-33(16(2)9-20)24(34)17-5-7-28-23(27)10-17;;/h5,7,10-12,16,20H,3-4,6,8-9,13-14H2,1-2H3,(H2-,27,28,29,30,31);1H3;/q-1;;+2/t16-,20-;;/m1../s1. The molecule has 8 nitrogen and oxygen atoms in total. The minimum atomic E-state index is -0.168. The Bertz CT molecular complexity index is 1220. The van der Waals surface area contributed by atoms with Gasteiger partial charge in [0, 0.05) is 11.9 Å². The molecule has 0 bridgehead atoms. The van der Waals surface area contributed by atoms with Crippen LogP contribution in [0.15, 0.2) is 47.7 Å². The maximum atomic E-state index is 13.9. The van der Waals surface area contributed by atoms with E-state index in [1.807, 2.05) is 24.1 Å². The number of allylic oxidation sites excluding steroid dienone is 4. The van der Waals surface area contributed by atoms with Gasteiger partial charge in [-0.25, -0.2) is 14.4 Å². The molecule has 1 saturated heterocycles. The van der Waals surface area contributed by atoms with Crippen LogP contribution in [-0.4, -0.2) is 64.7 Å². The van der Waals surface area contributed by atoms with Crippen LogP contribution in [-0.2, 0) is 13.1 Å². The van der Waals surface area contributed by atoms with Crippen LogP contribution in [0.2, 0.25) is 5.79 Å². The van der Waals surface area contributed by atoms with Gasteiger partial charge in [0.1, 0.15) is 5.83 Å². The average Bonchev–Trinajstić information content (AvgIpc) is 3.30. The van der Waals surface area contributed by atoms with E-state index in [-0.39, 0.29) is 33.2 Å². The Hall–Kier alpha value is -2.80. The summed E-state index contributed by atoms with van der Waals surface area (Å²) in [5.74, 6) is 3.29. The Kier molecular flexibility index (Phi) is 7.37. The Morgan fingerprint density at radius 1 is 1.25 bits per heavy atom. The predicted octanol–water partition coefficient (Wildman–Crippen LogP) is 4.29. The molecule has 2 N–H and O–H groups in total. The van der Waals surface area contributed by atoms with Gasteiger partial charge in [-0.1, -0.05) is 0 Å². The third kappa shape index (κ3) is 5.31. The molecule has 1 fully saturated rings. The van der Waals surface area contributed by atoms with Crippen molar-refractivity contribution in [2.75, 3.05) is 16.2 Å². The van der Waals surface area contributed by atoms with Gasteiger partial charge in [-0.3, -0.25) is 0 Å². The second-order valence-electron chi connectivity index (χ2n) is 9.88. The van der Waals surface area contributed by atoms with Gasteiger partial charge in [0.15, 0.2) is 0 Å². The van der Waals surface area contributed by atoms with Crippen molar-refractivity contribution in [3.63, 3.8) is 0 Å². The number of carbonyl (C=O) groups is 1. The van der Waals surface area contributed by atoms with E-state index in [0.717, 1.165) is 67.2 Å². The van der Waals surface area contributed by atoms with E-state index < -0.39 is 0 Å². The molecule has 0 spiro atoms. The van der Waals surface area contributed by atoms with Crippen LogP contribution in [0.3, 0.4) is 0 Å². The van der Waals surface area contributed by atoms with E-state index in [4.69, 9.17) is 4.98 Å². The van der Waals surface area contributed by atoms with Crippen molar-refractivity contribution >= 4 is 33.1 Å². The number of hydrogen-bond acceptors (Lipinski definition) is 7. The second-order valence-corrected chi connectivity index (χ2v) is 10.7. The quantitative estimate of drug-likeness (QED) is 0.568. The summed E-state index contributed by atoms with van der Waals surface area (Å²) in [6.45, 7) is 6.28. The minimum absolute atomic E-state index is 0.0716. The molecule has 36 heavy (non-hydrogen) atoms. The number of hydrogen-bond donors (Lipinski definition) is 2. The van der Waals surface area contributed by atoms with Gasteiger partial charge >= 0.3 is 143 Å². The average molecular weight is 505 g/mol. The van der Waals surface area contributed by atoms with Gasteiger partial charge < -0.3 is 5.32 Å². The predicted molar refractivity (Wildman–Crippen MR) is 139 cm³/mol. The van der Waals surface area contributed by atoms with E-state index in [0.29, 0.717) is 24.0 Å². The number of aromatic nitrogens is 3. The number of halogens is 1. The molecule has 0 aromatic carbocycles. The van der Waals surface area contributed by atoms with Crippen molar-refractivity contribution in [3.8, 4) is 0 Å². The number of likely N-dealkylation sites (tertiary alicyclic amines) is 1. The first-order chi connectivity index (χ1) is 17.4. The Morgan fingerprint density at radius 3 is 2.89 bits per heavy atom. The van der Waals surface area contributed by atoms with Crippen LogP contribution in [0, 0.1) is 0 Å². The summed E-state index contributed by atoms with van der Waals surface area (Å²) in [6.07, 6.45) is 8.46. The zero-order valence-electron chi connectivity index (χ0n) is 21.1.